The summed E-state index contributed by atoms with van der Waals surface area (Å²) in [6.07, 6.45) is 8.50. The fourth-order valence-corrected chi connectivity index (χ4v) is 4.82. The van der Waals surface area contributed by atoms with E-state index >= 15 is 0 Å². The molecule has 3 rings (SSSR count). The lowest BCUT2D eigenvalue weighted by molar-refractivity contribution is -0.126. The molecule has 2 fully saturated rings. The largest absolute Gasteiger partial charge is 0.468 e. The second kappa shape index (κ2) is 8.90. The molecular weight excluding hydrogens is 338 g/mol. The van der Waals surface area contributed by atoms with E-state index in [-0.39, 0.29) is 29.7 Å². The summed E-state index contributed by atoms with van der Waals surface area (Å²) in [5, 5.41) is 2.77. The molecule has 1 aliphatic heterocycles. The summed E-state index contributed by atoms with van der Waals surface area (Å²) in [7, 11) is 0. The molecule has 0 radical (unpaired) electrons. The Balaban J connectivity index is 1.61. The molecular formula is C19H27NO4S. The van der Waals surface area contributed by atoms with E-state index in [1.807, 2.05) is 19.1 Å². The highest BCUT2D eigenvalue weighted by atomic mass is 32.2. The molecule has 1 amide bonds. The third-order valence-electron chi connectivity index (χ3n) is 5.17. The van der Waals surface area contributed by atoms with Crippen molar-refractivity contribution < 1.29 is 18.7 Å². The maximum atomic E-state index is 12.9. The smallest absolute Gasteiger partial charge is 0.233 e. The zero-order valence-electron chi connectivity index (χ0n) is 14.7. The summed E-state index contributed by atoms with van der Waals surface area (Å²) in [5.74, 6) is 2.07. The summed E-state index contributed by atoms with van der Waals surface area (Å²) in [6.45, 7) is 1.93. The van der Waals surface area contributed by atoms with Crippen LogP contribution in [0.2, 0.25) is 0 Å². The highest BCUT2D eigenvalue weighted by Gasteiger charge is 2.36. The van der Waals surface area contributed by atoms with Gasteiger partial charge >= 0.3 is 0 Å². The van der Waals surface area contributed by atoms with Crippen molar-refractivity contribution in [3.8, 4) is 0 Å². The summed E-state index contributed by atoms with van der Waals surface area (Å²) >= 11 is 1.61. The van der Waals surface area contributed by atoms with Crippen LogP contribution in [0.1, 0.15) is 51.2 Å². The van der Waals surface area contributed by atoms with Gasteiger partial charge in [0.15, 0.2) is 5.78 Å². The number of carbonyl (C=O) groups is 2. The number of amides is 1. The number of ketones is 1. The molecule has 1 N–H and O–H groups in total. The van der Waals surface area contributed by atoms with Crippen LogP contribution in [0.25, 0.3) is 0 Å². The molecule has 5 nitrogen and oxygen atoms in total. The van der Waals surface area contributed by atoms with E-state index in [2.05, 4.69) is 5.32 Å². The van der Waals surface area contributed by atoms with Crippen LogP contribution >= 0.6 is 11.8 Å². The summed E-state index contributed by atoms with van der Waals surface area (Å²) in [4.78, 5) is 24.8. The minimum atomic E-state index is -0.509. The van der Waals surface area contributed by atoms with Crippen molar-refractivity contribution in [3.63, 3.8) is 0 Å². The van der Waals surface area contributed by atoms with Crippen LogP contribution in [0.5, 0.6) is 0 Å². The first-order valence-electron chi connectivity index (χ1n) is 9.22. The van der Waals surface area contributed by atoms with Crippen LogP contribution in [0.15, 0.2) is 22.8 Å². The molecule has 0 unspecified atom stereocenters. The maximum Gasteiger partial charge on any atom is 0.233 e. The van der Waals surface area contributed by atoms with Crippen molar-refractivity contribution in [1.29, 1.82) is 0 Å². The van der Waals surface area contributed by atoms with Crippen LogP contribution in [0.4, 0.5) is 0 Å². The lowest BCUT2D eigenvalue weighted by Gasteiger charge is -2.26. The standard InChI is InChI=1S/C19H27NO4S/c1-13-18(16(21)11-24-13)20-19(22)17(10-14-6-3-2-4-7-14)25-12-15-8-5-9-23-15/h5,8-9,13-14,17-18H,2-4,6-7,10-12H2,1H3,(H,20,22)/t13-,17+,18+/m1/s1. The Morgan fingerprint density at radius 3 is 2.80 bits per heavy atom. The molecule has 1 saturated carbocycles. The lowest BCUT2D eigenvalue weighted by Crippen LogP contribution is -2.47. The second-order valence-electron chi connectivity index (χ2n) is 7.09. The third kappa shape index (κ3) is 5.11. The Hall–Kier alpha value is -1.27. The summed E-state index contributed by atoms with van der Waals surface area (Å²) < 4.78 is 10.7. The van der Waals surface area contributed by atoms with Crippen LogP contribution in [0.3, 0.4) is 0 Å². The number of furan rings is 1. The first-order chi connectivity index (χ1) is 12.1. The number of ether oxygens (including phenoxy) is 1. The first kappa shape index (κ1) is 18.5. The van der Waals surface area contributed by atoms with Gasteiger partial charge in [0.1, 0.15) is 18.4 Å². The highest BCUT2D eigenvalue weighted by molar-refractivity contribution is 7.99. The Morgan fingerprint density at radius 1 is 1.36 bits per heavy atom. The van der Waals surface area contributed by atoms with Crippen molar-refractivity contribution in [2.45, 2.75) is 68.6 Å². The number of Topliss-reactive ketones (excluding diaryl/α,β-unsaturated/α-hetero) is 1. The first-order valence-corrected chi connectivity index (χ1v) is 10.3. The molecule has 0 spiro atoms. The summed E-state index contributed by atoms with van der Waals surface area (Å²) in [5.41, 5.74) is 0. The minimum Gasteiger partial charge on any atom is -0.468 e. The second-order valence-corrected chi connectivity index (χ2v) is 8.28. The molecule has 2 heterocycles. The average molecular weight is 365 g/mol. The minimum absolute atomic E-state index is 0.0340. The Kier molecular flexibility index (Phi) is 6.59. The summed E-state index contributed by atoms with van der Waals surface area (Å²) in [6, 6.07) is 3.28. The van der Waals surface area contributed by atoms with E-state index in [1.54, 1.807) is 18.0 Å². The normalized spacial score (nSPS) is 25.9. The predicted octanol–water partition coefficient (Wildman–Crippen LogP) is 3.32. The van der Waals surface area contributed by atoms with Crippen LogP contribution < -0.4 is 5.32 Å². The topological polar surface area (TPSA) is 68.5 Å². The number of nitrogens with one attached hydrogen (secondary N) is 1. The monoisotopic (exact) mass is 365 g/mol. The fraction of sp³-hybridized carbons (Fsp3) is 0.684. The zero-order chi connectivity index (χ0) is 17.6. The molecule has 0 aromatic carbocycles. The van der Waals surface area contributed by atoms with E-state index in [0.717, 1.165) is 12.2 Å². The lowest BCUT2D eigenvalue weighted by atomic mass is 9.86. The van der Waals surface area contributed by atoms with Crippen LogP contribution in [0, 0.1) is 5.92 Å². The molecule has 1 aromatic heterocycles. The van der Waals surface area contributed by atoms with Crippen molar-refractivity contribution in [1.82, 2.24) is 5.32 Å². The SMILES string of the molecule is C[C@H]1OCC(=O)[C@H]1NC(=O)[C@H](CC1CCCCC1)SCc1ccco1. The van der Waals surface area contributed by atoms with E-state index in [4.69, 9.17) is 9.15 Å². The van der Waals surface area contributed by atoms with Gasteiger partial charge in [-0.1, -0.05) is 32.1 Å². The van der Waals surface area contributed by atoms with Gasteiger partial charge in [0, 0.05) is 0 Å². The van der Waals surface area contributed by atoms with E-state index in [0.29, 0.717) is 11.7 Å². The van der Waals surface area contributed by atoms with Crippen molar-refractivity contribution in [2.24, 2.45) is 5.92 Å². The number of carbonyl (C=O) groups excluding carboxylic acids is 2. The molecule has 25 heavy (non-hydrogen) atoms. The van der Waals surface area contributed by atoms with Crippen molar-refractivity contribution in [3.05, 3.63) is 24.2 Å². The number of hydrogen-bond acceptors (Lipinski definition) is 5. The van der Waals surface area contributed by atoms with Crippen LogP contribution in [-0.2, 0) is 20.1 Å². The molecule has 2 aliphatic rings. The van der Waals surface area contributed by atoms with E-state index < -0.39 is 6.04 Å². The van der Waals surface area contributed by atoms with E-state index in [1.165, 1.54) is 32.1 Å². The van der Waals surface area contributed by atoms with Gasteiger partial charge in [-0.25, -0.2) is 0 Å². The molecule has 1 aliphatic carbocycles. The van der Waals surface area contributed by atoms with Gasteiger partial charge in [0.05, 0.1) is 23.4 Å². The Labute approximate surface area is 153 Å². The van der Waals surface area contributed by atoms with Crippen molar-refractivity contribution in [2.75, 3.05) is 6.61 Å². The molecule has 6 heteroatoms. The van der Waals surface area contributed by atoms with Gasteiger partial charge in [0.2, 0.25) is 5.91 Å². The van der Waals surface area contributed by atoms with Gasteiger partial charge in [-0.3, -0.25) is 9.59 Å². The Bertz CT molecular complexity index is 568. The van der Waals surface area contributed by atoms with Gasteiger partial charge in [-0.15, -0.1) is 11.8 Å². The third-order valence-corrected chi connectivity index (χ3v) is 6.43. The fourth-order valence-electron chi connectivity index (χ4n) is 3.66. The van der Waals surface area contributed by atoms with E-state index in [9.17, 15) is 9.59 Å². The van der Waals surface area contributed by atoms with Gasteiger partial charge in [-0.05, 0) is 31.4 Å². The number of rotatable bonds is 7. The van der Waals surface area contributed by atoms with Crippen molar-refractivity contribution >= 4 is 23.5 Å². The quantitative estimate of drug-likeness (QED) is 0.803. The molecule has 3 atom stereocenters. The maximum absolute atomic E-state index is 12.9. The average Bonchev–Trinajstić information content (AvgIpc) is 3.24. The molecule has 1 saturated heterocycles. The highest BCUT2D eigenvalue weighted by Crippen LogP contribution is 2.32. The Morgan fingerprint density at radius 2 is 2.16 bits per heavy atom. The van der Waals surface area contributed by atoms with Gasteiger partial charge < -0.3 is 14.5 Å². The molecule has 138 valence electrons. The number of thioether (sulfide) groups is 1. The van der Waals surface area contributed by atoms with Gasteiger partial charge in [0.25, 0.3) is 0 Å². The zero-order valence-corrected chi connectivity index (χ0v) is 15.6. The number of hydrogen-bond donors (Lipinski definition) is 1. The molecule has 1 aromatic rings. The van der Waals surface area contributed by atoms with Crippen LogP contribution in [-0.4, -0.2) is 35.7 Å². The predicted molar refractivity (Wildman–Crippen MR) is 97.3 cm³/mol. The van der Waals surface area contributed by atoms with Gasteiger partial charge in [-0.2, -0.15) is 0 Å². The molecule has 0 bridgehead atoms.